The molecule has 0 radical (unpaired) electrons. The van der Waals surface area contributed by atoms with Crippen LogP contribution in [0.25, 0.3) is 0 Å². The smallest absolute Gasteiger partial charge is 0.181 e. The first-order valence-electron chi connectivity index (χ1n) is 5.15. The van der Waals surface area contributed by atoms with Gasteiger partial charge in [-0.25, -0.2) is 8.42 Å². The van der Waals surface area contributed by atoms with Crippen LogP contribution in [-0.2, 0) is 14.6 Å². The summed E-state index contributed by atoms with van der Waals surface area (Å²) in [6.07, 6.45) is 3.58. The van der Waals surface area contributed by atoms with Crippen molar-refractivity contribution >= 4 is 9.84 Å². The van der Waals surface area contributed by atoms with Crippen LogP contribution in [0.4, 0.5) is 0 Å². The van der Waals surface area contributed by atoms with Crippen molar-refractivity contribution in [2.24, 2.45) is 0 Å². The SMILES string of the molecule is CO[C@@H]([C@@H]1CCCN1)S(=O)(=O)C1CC1. The Morgan fingerprint density at radius 2 is 2.07 bits per heavy atom. The first-order chi connectivity index (χ1) is 6.66. The van der Waals surface area contributed by atoms with E-state index in [2.05, 4.69) is 5.32 Å². The molecule has 2 atom stereocenters. The first kappa shape index (κ1) is 10.4. The van der Waals surface area contributed by atoms with Crippen molar-refractivity contribution in [3.63, 3.8) is 0 Å². The van der Waals surface area contributed by atoms with E-state index in [4.69, 9.17) is 4.74 Å². The Bertz CT molecular complexity index is 291. The van der Waals surface area contributed by atoms with Crippen LogP contribution in [0.15, 0.2) is 0 Å². The van der Waals surface area contributed by atoms with Crippen LogP contribution in [0, 0.1) is 0 Å². The van der Waals surface area contributed by atoms with E-state index in [1.807, 2.05) is 0 Å². The molecule has 2 aliphatic rings. The molecule has 0 bridgehead atoms. The molecule has 1 aliphatic carbocycles. The van der Waals surface area contributed by atoms with Gasteiger partial charge in [-0.2, -0.15) is 0 Å². The minimum atomic E-state index is -3.05. The van der Waals surface area contributed by atoms with E-state index in [0.717, 1.165) is 32.2 Å². The molecule has 0 spiro atoms. The highest BCUT2D eigenvalue weighted by molar-refractivity contribution is 7.92. The standard InChI is InChI=1S/C9H17NO3S/c1-13-9(8-3-2-6-10-8)14(11,12)7-4-5-7/h7-10H,2-6H2,1H3/t8-,9+/m0/s1. The monoisotopic (exact) mass is 219 g/mol. The van der Waals surface area contributed by atoms with Gasteiger partial charge in [0, 0.05) is 13.2 Å². The Kier molecular flexibility index (Phi) is 2.81. The van der Waals surface area contributed by atoms with Crippen LogP contribution in [-0.4, -0.2) is 38.8 Å². The zero-order chi connectivity index (χ0) is 10.2. The van der Waals surface area contributed by atoms with Gasteiger partial charge >= 0.3 is 0 Å². The van der Waals surface area contributed by atoms with Crippen LogP contribution in [0.1, 0.15) is 25.7 Å². The largest absolute Gasteiger partial charge is 0.364 e. The van der Waals surface area contributed by atoms with Crippen molar-refractivity contribution in [1.29, 1.82) is 0 Å². The highest BCUT2D eigenvalue weighted by Gasteiger charge is 2.45. The van der Waals surface area contributed by atoms with Gasteiger partial charge in [0.2, 0.25) is 0 Å². The Labute approximate surface area is 84.9 Å². The molecule has 0 unspecified atom stereocenters. The Morgan fingerprint density at radius 3 is 2.50 bits per heavy atom. The van der Waals surface area contributed by atoms with E-state index in [1.165, 1.54) is 7.11 Å². The molecule has 4 nitrogen and oxygen atoms in total. The molecular weight excluding hydrogens is 202 g/mol. The topological polar surface area (TPSA) is 55.4 Å². The Morgan fingerprint density at radius 1 is 1.36 bits per heavy atom. The van der Waals surface area contributed by atoms with E-state index < -0.39 is 15.3 Å². The predicted octanol–water partition coefficient (Wildman–Crippen LogP) is 0.288. The lowest BCUT2D eigenvalue weighted by Gasteiger charge is -2.22. The fourth-order valence-corrected chi connectivity index (χ4v) is 4.19. The van der Waals surface area contributed by atoms with E-state index in [1.54, 1.807) is 0 Å². The minimum absolute atomic E-state index is 0.00519. The summed E-state index contributed by atoms with van der Waals surface area (Å²) in [5, 5.41) is 3.06. The number of rotatable bonds is 4. The summed E-state index contributed by atoms with van der Waals surface area (Å²) >= 11 is 0. The average Bonchev–Trinajstić information content (AvgIpc) is 2.88. The number of ether oxygens (including phenoxy) is 1. The fourth-order valence-electron chi connectivity index (χ4n) is 2.06. The number of hydrogen-bond acceptors (Lipinski definition) is 4. The summed E-state index contributed by atoms with van der Waals surface area (Å²) in [7, 11) is -1.56. The molecule has 1 saturated heterocycles. The van der Waals surface area contributed by atoms with Crippen molar-refractivity contribution < 1.29 is 13.2 Å². The maximum absolute atomic E-state index is 11.9. The molecule has 2 fully saturated rings. The third-order valence-electron chi connectivity index (χ3n) is 2.97. The molecule has 5 heteroatoms. The van der Waals surface area contributed by atoms with Gasteiger partial charge in [0.15, 0.2) is 15.3 Å². The van der Waals surface area contributed by atoms with Gasteiger partial charge in [-0.1, -0.05) is 0 Å². The Hall–Kier alpha value is -0.130. The van der Waals surface area contributed by atoms with Gasteiger partial charge in [-0.05, 0) is 32.2 Å². The summed E-state index contributed by atoms with van der Waals surface area (Å²) in [4.78, 5) is 0. The molecule has 0 amide bonds. The maximum Gasteiger partial charge on any atom is 0.181 e. The Balaban J connectivity index is 2.11. The minimum Gasteiger partial charge on any atom is -0.364 e. The lowest BCUT2D eigenvalue weighted by Crippen LogP contribution is -2.43. The second kappa shape index (κ2) is 3.79. The molecule has 1 aliphatic heterocycles. The van der Waals surface area contributed by atoms with Crippen molar-refractivity contribution in [3.8, 4) is 0 Å². The summed E-state index contributed by atoms with van der Waals surface area (Å²) in [6.45, 7) is 0.907. The molecule has 1 saturated carbocycles. The van der Waals surface area contributed by atoms with Crippen molar-refractivity contribution in [1.82, 2.24) is 5.32 Å². The quantitative estimate of drug-likeness (QED) is 0.738. The molecule has 0 aromatic rings. The van der Waals surface area contributed by atoms with Gasteiger partial charge in [0.25, 0.3) is 0 Å². The number of sulfone groups is 1. The second-order valence-electron chi connectivity index (χ2n) is 4.10. The van der Waals surface area contributed by atoms with E-state index in [0.29, 0.717) is 0 Å². The van der Waals surface area contributed by atoms with Gasteiger partial charge in [-0.3, -0.25) is 0 Å². The van der Waals surface area contributed by atoms with Crippen LogP contribution >= 0.6 is 0 Å². The zero-order valence-electron chi connectivity index (χ0n) is 8.40. The normalized spacial score (nSPS) is 30.5. The van der Waals surface area contributed by atoms with E-state index >= 15 is 0 Å². The average molecular weight is 219 g/mol. The van der Waals surface area contributed by atoms with Crippen LogP contribution < -0.4 is 5.32 Å². The third-order valence-corrected chi connectivity index (χ3v) is 5.54. The highest BCUT2D eigenvalue weighted by atomic mass is 32.2. The van der Waals surface area contributed by atoms with Gasteiger partial charge < -0.3 is 10.1 Å². The molecule has 14 heavy (non-hydrogen) atoms. The van der Waals surface area contributed by atoms with Crippen LogP contribution in [0.3, 0.4) is 0 Å². The third kappa shape index (κ3) is 1.81. The van der Waals surface area contributed by atoms with Gasteiger partial charge in [0.05, 0.1) is 5.25 Å². The second-order valence-corrected chi connectivity index (χ2v) is 6.40. The van der Waals surface area contributed by atoms with Crippen molar-refractivity contribution in [3.05, 3.63) is 0 Å². The summed E-state index contributed by atoms with van der Waals surface area (Å²) in [5.41, 5.74) is -0.627. The molecule has 1 heterocycles. The van der Waals surface area contributed by atoms with Gasteiger partial charge in [0.1, 0.15) is 0 Å². The fraction of sp³-hybridized carbons (Fsp3) is 1.00. The molecule has 0 aromatic heterocycles. The molecule has 82 valence electrons. The zero-order valence-corrected chi connectivity index (χ0v) is 9.22. The maximum atomic E-state index is 11.9. The first-order valence-corrected chi connectivity index (χ1v) is 6.76. The molecule has 0 aromatic carbocycles. The molecule has 2 rings (SSSR count). The number of methoxy groups -OCH3 is 1. The van der Waals surface area contributed by atoms with Crippen molar-refractivity contribution in [2.75, 3.05) is 13.7 Å². The van der Waals surface area contributed by atoms with E-state index in [9.17, 15) is 8.42 Å². The van der Waals surface area contributed by atoms with Crippen LogP contribution in [0.5, 0.6) is 0 Å². The lowest BCUT2D eigenvalue weighted by molar-refractivity contribution is 0.135. The number of hydrogen-bond donors (Lipinski definition) is 1. The number of nitrogens with one attached hydrogen (secondary N) is 1. The summed E-state index contributed by atoms with van der Waals surface area (Å²) < 4.78 is 29.0. The molecule has 1 N–H and O–H groups in total. The lowest BCUT2D eigenvalue weighted by atomic mass is 10.2. The summed E-state index contributed by atoms with van der Waals surface area (Å²) in [6, 6.07) is 0.00519. The summed E-state index contributed by atoms with van der Waals surface area (Å²) in [5.74, 6) is 0. The highest BCUT2D eigenvalue weighted by Crippen LogP contribution is 2.33. The van der Waals surface area contributed by atoms with Gasteiger partial charge in [-0.15, -0.1) is 0 Å². The molecular formula is C9H17NO3S. The van der Waals surface area contributed by atoms with Crippen LogP contribution in [0.2, 0.25) is 0 Å². The van der Waals surface area contributed by atoms with E-state index in [-0.39, 0.29) is 11.3 Å². The predicted molar refractivity (Wildman–Crippen MR) is 53.8 cm³/mol. The van der Waals surface area contributed by atoms with Crippen molar-refractivity contribution in [2.45, 2.75) is 42.4 Å².